The molecule has 0 aromatic rings. The van der Waals surface area contributed by atoms with E-state index in [1.165, 1.54) is 6.20 Å². The van der Waals surface area contributed by atoms with E-state index in [1.54, 1.807) is 13.8 Å². The summed E-state index contributed by atoms with van der Waals surface area (Å²) in [6.45, 7) is 3.41. The van der Waals surface area contributed by atoms with E-state index < -0.39 is 10.3 Å². The van der Waals surface area contributed by atoms with E-state index in [-0.39, 0.29) is 6.10 Å². The number of hydrogen-bond acceptors (Lipinski definition) is 3. The Morgan fingerprint density at radius 2 is 2.27 bits per heavy atom. The van der Waals surface area contributed by atoms with Crippen LogP contribution in [0.2, 0.25) is 0 Å². The second kappa shape index (κ2) is 2.47. The van der Waals surface area contributed by atoms with Gasteiger partial charge in [0.25, 0.3) is 0 Å². The van der Waals surface area contributed by atoms with E-state index >= 15 is 0 Å². The minimum atomic E-state index is -4.23. The standard InChI is InChI=1S/C5H9NO4S/c1-4-3-6(10-5(4)2)11(7,8)9/h3,5H,1-2H3,(H,7,8,9). The molecule has 0 bridgehead atoms. The molecule has 0 radical (unpaired) electrons. The van der Waals surface area contributed by atoms with Gasteiger partial charge in [-0.1, -0.05) is 0 Å². The first-order chi connectivity index (χ1) is 4.91. The van der Waals surface area contributed by atoms with Crippen molar-refractivity contribution in [3.8, 4) is 0 Å². The van der Waals surface area contributed by atoms with Gasteiger partial charge < -0.3 is 0 Å². The van der Waals surface area contributed by atoms with Gasteiger partial charge in [-0.2, -0.15) is 8.42 Å². The number of rotatable bonds is 1. The van der Waals surface area contributed by atoms with E-state index in [2.05, 4.69) is 0 Å². The van der Waals surface area contributed by atoms with Crippen LogP contribution in [0.5, 0.6) is 0 Å². The molecule has 64 valence electrons. The lowest BCUT2D eigenvalue weighted by molar-refractivity contribution is -0.0614. The van der Waals surface area contributed by atoms with Crippen LogP contribution in [0.1, 0.15) is 13.8 Å². The predicted octanol–water partition coefficient (Wildman–Crippen LogP) is 0.329. The lowest BCUT2D eigenvalue weighted by Crippen LogP contribution is -2.23. The first-order valence-electron chi connectivity index (χ1n) is 3.03. The molecule has 0 saturated heterocycles. The lowest BCUT2D eigenvalue weighted by Gasteiger charge is -2.10. The van der Waals surface area contributed by atoms with Gasteiger partial charge in [-0.05, 0) is 19.4 Å². The number of hydroxylamine groups is 1. The highest BCUT2D eigenvalue weighted by atomic mass is 32.2. The van der Waals surface area contributed by atoms with Crippen LogP contribution >= 0.6 is 0 Å². The van der Waals surface area contributed by atoms with Gasteiger partial charge >= 0.3 is 10.3 Å². The molecule has 1 unspecified atom stereocenters. The summed E-state index contributed by atoms with van der Waals surface area (Å²) in [5.74, 6) is 0. The van der Waals surface area contributed by atoms with Crippen LogP contribution in [0.25, 0.3) is 0 Å². The second-order valence-electron chi connectivity index (χ2n) is 2.35. The molecule has 0 saturated carbocycles. The van der Waals surface area contributed by atoms with E-state index in [0.717, 1.165) is 5.57 Å². The highest BCUT2D eigenvalue weighted by molar-refractivity contribution is 7.83. The molecule has 6 heteroatoms. The van der Waals surface area contributed by atoms with Crippen molar-refractivity contribution in [2.75, 3.05) is 0 Å². The molecular weight excluding hydrogens is 170 g/mol. The van der Waals surface area contributed by atoms with Crippen molar-refractivity contribution in [3.63, 3.8) is 0 Å². The molecule has 0 aromatic carbocycles. The molecule has 1 aliphatic heterocycles. The minimum Gasteiger partial charge on any atom is -0.267 e. The van der Waals surface area contributed by atoms with E-state index in [1.807, 2.05) is 0 Å². The summed E-state index contributed by atoms with van der Waals surface area (Å²) in [5, 5.41) is 0. The van der Waals surface area contributed by atoms with Crippen molar-refractivity contribution >= 4 is 10.3 Å². The summed E-state index contributed by atoms with van der Waals surface area (Å²) in [6.07, 6.45) is 0.942. The summed E-state index contributed by atoms with van der Waals surface area (Å²) in [7, 11) is -4.23. The van der Waals surface area contributed by atoms with Gasteiger partial charge in [-0.25, -0.2) is 0 Å². The van der Waals surface area contributed by atoms with Crippen molar-refractivity contribution in [1.82, 2.24) is 4.47 Å². The van der Waals surface area contributed by atoms with E-state index in [9.17, 15) is 8.42 Å². The van der Waals surface area contributed by atoms with Crippen molar-refractivity contribution in [2.45, 2.75) is 20.0 Å². The topological polar surface area (TPSA) is 66.8 Å². The zero-order valence-corrected chi connectivity index (χ0v) is 7.00. The molecule has 0 amide bonds. The minimum absolute atomic E-state index is 0.295. The Balaban J connectivity index is 2.85. The fourth-order valence-electron chi connectivity index (χ4n) is 0.662. The van der Waals surface area contributed by atoms with Crippen LogP contribution < -0.4 is 0 Å². The lowest BCUT2D eigenvalue weighted by atomic mass is 10.2. The molecule has 0 fully saturated rings. The normalized spacial score (nSPS) is 25.5. The Bertz CT molecular complexity index is 281. The fourth-order valence-corrected chi connectivity index (χ4v) is 1.20. The van der Waals surface area contributed by atoms with Crippen LogP contribution in [0.3, 0.4) is 0 Å². The number of nitrogens with zero attached hydrogens (tertiary/aromatic N) is 1. The third-order valence-electron chi connectivity index (χ3n) is 1.44. The summed E-state index contributed by atoms with van der Waals surface area (Å²) in [6, 6.07) is 0. The highest BCUT2D eigenvalue weighted by Crippen LogP contribution is 2.19. The Labute approximate surface area is 65.1 Å². The maximum Gasteiger partial charge on any atom is 0.382 e. The van der Waals surface area contributed by atoms with Gasteiger partial charge in [0.2, 0.25) is 0 Å². The molecule has 1 atom stereocenters. The van der Waals surface area contributed by atoms with Gasteiger partial charge in [0.15, 0.2) is 0 Å². The third kappa shape index (κ3) is 1.70. The quantitative estimate of drug-likeness (QED) is 0.589. The molecule has 1 N–H and O–H groups in total. The van der Waals surface area contributed by atoms with Crippen LogP contribution in [-0.2, 0) is 15.1 Å². The van der Waals surface area contributed by atoms with Crippen molar-refractivity contribution < 1.29 is 17.8 Å². The monoisotopic (exact) mass is 179 g/mol. The summed E-state index contributed by atoms with van der Waals surface area (Å²) in [5.41, 5.74) is 0.752. The second-order valence-corrected chi connectivity index (χ2v) is 3.61. The zero-order chi connectivity index (χ0) is 8.65. The summed E-state index contributed by atoms with van der Waals surface area (Å²) >= 11 is 0. The van der Waals surface area contributed by atoms with Gasteiger partial charge in [-0.15, -0.1) is 4.47 Å². The average Bonchev–Trinajstić information content (AvgIpc) is 2.11. The highest BCUT2D eigenvalue weighted by Gasteiger charge is 2.26. The molecule has 0 spiro atoms. The van der Waals surface area contributed by atoms with Crippen LogP contribution in [0.4, 0.5) is 0 Å². The summed E-state index contributed by atoms with van der Waals surface area (Å²) in [4.78, 5) is 4.74. The molecule has 5 nitrogen and oxygen atoms in total. The predicted molar refractivity (Wildman–Crippen MR) is 37.7 cm³/mol. The molecule has 1 heterocycles. The van der Waals surface area contributed by atoms with Crippen molar-refractivity contribution in [3.05, 3.63) is 11.8 Å². The molecule has 0 aromatic heterocycles. The Hall–Kier alpha value is -0.590. The van der Waals surface area contributed by atoms with Crippen LogP contribution in [0.15, 0.2) is 11.8 Å². The number of hydrogen-bond donors (Lipinski definition) is 1. The zero-order valence-electron chi connectivity index (χ0n) is 6.18. The van der Waals surface area contributed by atoms with Crippen LogP contribution in [0, 0.1) is 0 Å². The molecule has 1 aliphatic rings. The third-order valence-corrected chi connectivity index (χ3v) is 2.09. The molecular formula is C5H9NO4S. The maximum absolute atomic E-state index is 10.4. The van der Waals surface area contributed by atoms with E-state index in [4.69, 9.17) is 9.39 Å². The van der Waals surface area contributed by atoms with Gasteiger partial charge in [0, 0.05) is 6.20 Å². The average molecular weight is 179 g/mol. The van der Waals surface area contributed by atoms with Crippen molar-refractivity contribution in [1.29, 1.82) is 0 Å². The largest absolute Gasteiger partial charge is 0.382 e. The van der Waals surface area contributed by atoms with E-state index in [0.29, 0.717) is 4.47 Å². The smallest absolute Gasteiger partial charge is 0.267 e. The molecule has 11 heavy (non-hydrogen) atoms. The van der Waals surface area contributed by atoms with Crippen molar-refractivity contribution in [2.24, 2.45) is 0 Å². The molecule has 1 rings (SSSR count). The Morgan fingerprint density at radius 1 is 1.73 bits per heavy atom. The Morgan fingerprint density at radius 3 is 2.45 bits per heavy atom. The SMILES string of the molecule is CC1=CN(S(=O)(=O)O)OC1C. The van der Waals surface area contributed by atoms with Gasteiger partial charge in [0.05, 0.1) is 0 Å². The Kier molecular flexibility index (Phi) is 1.91. The van der Waals surface area contributed by atoms with Gasteiger partial charge in [0.1, 0.15) is 6.10 Å². The fraction of sp³-hybridized carbons (Fsp3) is 0.600. The van der Waals surface area contributed by atoms with Gasteiger partial charge in [-0.3, -0.25) is 9.39 Å². The maximum atomic E-state index is 10.4. The first kappa shape index (κ1) is 8.51. The van der Waals surface area contributed by atoms with Crippen LogP contribution in [-0.4, -0.2) is 23.5 Å². The summed E-state index contributed by atoms with van der Waals surface area (Å²) < 4.78 is 29.8. The first-order valence-corrected chi connectivity index (χ1v) is 4.43. The molecule has 0 aliphatic carbocycles.